The summed E-state index contributed by atoms with van der Waals surface area (Å²) in [6, 6.07) is 4.49. The minimum absolute atomic E-state index is 1.04. The molecule has 0 unspecified atom stereocenters. The van der Waals surface area contributed by atoms with Crippen molar-refractivity contribution in [3.63, 3.8) is 0 Å². The van der Waals surface area contributed by atoms with Gasteiger partial charge < -0.3 is 5.32 Å². The topological polar surface area (TPSA) is 12.0 Å². The van der Waals surface area contributed by atoms with Crippen molar-refractivity contribution in [2.45, 2.75) is 20.3 Å². The summed E-state index contributed by atoms with van der Waals surface area (Å²) in [6.07, 6.45) is 1.10. The van der Waals surface area contributed by atoms with Gasteiger partial charge in [0.1, 0.15) is 0 Å². The molecule has 72 valence electrons. The maximum absolute atomic E-state index is 3.57. The van der Waals surface area contributed by atoms with E-state index in [9.17, 15) is 0 Å². The van der Waals surface area contributed by atoms with Gasteiger partial charge in [0.2, 0.25) is 0 Å². The molecule has 0 aliphatic rings. The molecule has 0 fully saturated rings. The third-order valence-electron chi connectivity index (χ3n) is 2.16. The van der Waals surface area contributed by atoms with Crippen LogP contribution < -0.4 is 5.32 Å². The fraction of sp³-hybridized carbons (Fsp3) is 0.455. The Morgan fingerprint density at radius 1 is 1.23 bits per heavy atom. The molecule has 0 aromatic heterocycles. The Morgan fingerprint density at radius 3 is 2.23 bits per heavy atom. The fourth-order valence-electron chi connectivity index (χ4n) is 1.45. The standard InChI is InChI=1S/C11H16BrN/c1-8-6-10(4-5-13-3)7-9(2)11(8)12/h6-7,13H,4-5H2,1-3H3. The van der Waals surface area contributed by atoms with Gasteiger partial charge in [-0.1, -0.05) is 28.1 Å². The lowest BCUT2D eigenvalue weighted by atomic mass is 10.1. The van der Waals surface area contributed by atoms with Crippen molar-refractivity contribution in [2.75, 3.05) is 13.6 Å². The first-order valence-electron chi connectivity index (χ1n) is 4.55. The van der Waals surface area contributed by atoms with Crippen LogP contribution in [0.2, 0.25) is 0 Å². The van der Waals surface area contributed by atoms with Gasteiger partial charge in [-0.15, -0.1) is 0 Å². The molecule has 0 saturated heterocycles. The molecule has 1 aromatic carbocycles. The average molecular weight is 242 g/mol. The molecule has 0 saturated carbocycles. The molecule has 0 amide bonds. The van der Waals surface area contributed by atoms with Crippen LogP contribution in [0.5, 0.6) is 0 Å². The Labute approximate surface area is 88.7 Å². The Kier molecular flexibility index (Phi) is 3.94. The zero-order chi connectivity index (χ0) is 9.84. The third kappa shape index (κ3) is 2.82. The van der Waals surface area contributed by atoms with Gasteiger partial charge in [0.15, 0.2) is 0 Å². The molecule has 0 heterocycles. The van der Waals surface area contributed by atoms with E-state index in [4.69, 9.17) is 0 Å². The predicted molar refractivity (Wildman–Crippen MR) is 61.2 cm³/mol. The summed E-state index contributed by atoms with van der Waals surface area (Å²) >= 11 is 3.57. The van der Waals surface area contributed by atoms with Gasteiger partial charge in [0.25, 0.3) is 0 Å². The van der Waals surface area contributed by atoms with Gasteiger partial charge in [-0.25, -0.2) is 0 Å². The van der Waals surface area contributed by atoms with E-state index >= 15 is 0 Å². The molecule has 0 aliphatic carbocycles. The minimum atomic E-state index is 1.04. The quantitative estimate of drug-likeness (QED) is 0.859. The number of benzene rings is 1. The van der Waals surface area contributed by atoms with Crippen LogP contribution in [0.15, 0.2) is 16.6 Å². The second-order valence-electron chi connectivity index (χ2n) is 3.40. The summed E-state index contributed by atoms with van der Waals surface area (Å²) in [4.78, 5) is 0. The van der Waals surface area contributed by atoms with E-state index in [1.165, 1.54) is 21.2 Å². The lowest BCUT2D eigenvalue weighted by Gasteiger charge is -2.07. The highest BCUT2D eigenvalue weighted by molar-refractivity contribution is 9.10. The second kappa shape index (κ2) is 4.77. The Morgan fingerprint density at radius 2 is 1.77 bits per heavy atom. The molecule has 0 spiro atoms. The molecule has 1 N–H and O–H groups in total. The van der Waals surface area contributed by atoms with Gasteiger partial charge >= 0.3 is 0 Å². The largest absolute Gasteiger partial charge is 0.319 e. The maximum atomic E-state index is 3.57. The number of likely N-dealkylation sites (N-methyl/N-ethyl adjacent to an activating group) is 1. The first-order chi connectivity index (χ1) is 6.15. The zero-order valence-electron chi connectivity index (χ0n) is 8.45. The predicted octanol–water partition coefficient (Wildman–Crippen LogP) is 2.83. The van der Waals surface area contributed by atoms with Crippen molar-refractivity contribution in [1.82, 2.24) is 5.32 Å². The summed E-state index contributed by atoms with van der Waals surface area (Å²) < 4.78 is 1.24. The summed E-state index contributed by atoms with van der Waals surface area (Å²) in [5, 5.41) is 3.16. The maximum Gasteiger partial charge on any atom is 0.0233 e. The van der Waals surface area contributed by atoms with Crippen molar-refractivity contribution < 1.29 is 0 Å². The number of aryl methyl sites for hydroxylation is 2. The van der Waals surface area contributed by atoms with Crippen LogP contribution in [0.1, 0.15) is 16.7 Å². The summed E-state index contributed by atoms with van der Waals surface area (Å²) in [6.45, 7) is 5.32. The molecule has 0 atom stereocenters. The van der Waals surface area contributed by atoms with E-state index in [1.54, 1.807) is 0 Å². The molecule has 1 rings (SSSR count). The van der Waals surface area contributed by atoms with Gasteiger partial charge in [0, 0.05) is 4.47 Å². The van der Waals surface area contributed by atoms with Crippen LogP contribution in [0, 0.1) is 13.8 Å². The van der Waals surface area contributed by atoms with Crippen molar-refractivity contribution >= 4 is 15.9 Å². The van der Waals surface area contributed by atoms with Gasteiger partial charge in [0.05, 0.1) is 0 Å². The van der Waals surface area contributed by atoms with E-state index in [0.717, 1.165) is 13.0 Å². The van der Waals surface area contributed by atoms with Crippen LogP contribution >= 0.6 is 15.9 Å². The van der Waals surface area contributed by atoms with E-state index in [1.807, 2.05) is 7.05 Å². The highest BCUT2D eigenvalue weighted by atomic mass is 79.9. The molecule has 1 aromatic rings. The molecule has 0 radical (unpaired) electrons. The summed E-state index contributed by atoms with van der Waals surface area (Å²) in [5.74, 6) is 0. The smallest absolute Gasteiger partial charge is 0.0233 e. The summed E-state index contributed by atoms with van der Waals surface area (Å²) in [5.41, 5.74) is 4.06. The zero-order valence-corrected chi connectivity index (χ0v) is 10.0. The number of nitrogens with one attached hydrogen (secondary N) is 1. The Hall–Kier alpha value is -0.340. The van der Waals surface area contributed by atoms with E-state index < -0.39 is 0 Å². The van der Waals surface area contributed by atoms with Crippen LogP contribution in [0.3, 0.4) is 0 Å². The second-order valence-corrected chi connectivity index (χ2v) is 4.19. The number of rotatable bonds is 3. The van der Waals surface area contributed by atoms with Crippen LogP contribution in [0.4, 0.5) is 0 Å². The van der Waals surface area contributed by atoms with Crippen LogP contribution in [0.25, 0.3) is 0 Å². The lowest BCUT2D eigenvalue weighted by Crippen LogP contribution is -2.10. The molecule has 2 heteroatoms. The van der Waals surface area contributed by atoms with Gasteiger partial charge in [-0.2, -0.15) is 0 Å². The highest BCUT2D eigenvalue weighted by Gasteiger charge is 2.01. The minimum Gasteiger partial charge on any atom is -0.319 e. The van der Waals surface area contributed by atoms with Crippen LogP contribution in [-0.2, 0) is 6.42 Å². The monoisotopic (exact) mass is 241 g/mol. The van der Waals surface area contributed by atoms with Crippen LogP contribution in [-0.4, -0.2) is 13.6 Å². The average Bonchev–Trinajstić information content (AvgIpc) is 2.10. The Balaban J connectivity index is 2.86. The van der Waals surface area contributed by atoms with Gasteiger partial charge in [-0.05, 0) is 50.6 Å². The van der Waals surface area contributed by atoms with Crippen molar-refractivity contribution in [3.05, 3.63) is 33.3 Å². The SMILES string of the molecule is CNCCc1cc(C)c(Br)c(C)c1. The Bertz CT molecular complexity index is 271. The molecular weight excluding hydrogens is 226 g/mol. The molecular formula is C11H16BrN. The van der Waals surface area contributed by atoms with E-state index in [-0.39, 0.29) is 0 Å². The first kappa shape index (κ1) is 10.7. The molecule has 1 nitrogen and oxygen atoms in total. The van der Waals surface area contributed by atoms with Gasteiger partial charge in [-0.3, -0.25) is 0 Å². The normalized spacial score (nSPS) is 10.5. The molecule has 13 heavy (non-hydrogen) atoms. The lowest BCUT2D eigenvalue weighted by molar-refractivity contribution is 0.790. The van der Waals surface area contributed by atoms with E-state index in [0.29, 0.717) is 0 Å². The number of hydrogen-bond donors (Lipinski definition) is 1. The summed E-state index contributed by atoms with van der Waals surface area (Å²) in [7, 11) is 1.98. The molecule has 0 aliphatic heterocycles. The van der Waals surface area contributed by atoms with E-state index in [2.05, 4.69) is 47.2 Å². The third-order valence-corrected chi connectivity index (χ3v) is 3.41. The van der Waals surface area contributed by atoms with Crippen molar-refractivity contribution in [2.24, 2.45) is 0 Å². The highest BCUT2D eigenvalue weighted by Crippen LogP contribution is 2.22. The number of hydrogen-bond acceptors (Lipinski definition) is 1. The van der Waals surface area contributed by atoms with Crippen molar-refractivity contribution in [1.29, 1.82) is 0 Å². The van der Waals surface area contributed by atoms with Crippen molar-refractivity contribution in [3.8, 4) is 0 Å². The first-order valence-corrected chi connectivity index (χ1v) is 5.34. The number of halogens is 1. The molecule has 0 bridgehead atoms. The fourth-order valence-corrected chi connectivity index (χ4v) is 1.68.